The van der Waals surface area contributed by atoms with Crippen LogP contribution in [0, 0.1) is 23.7 Å². The maximum atomic E-state index is 12.6. The van der Waals surface area contributed by atoms with Crippen LogP contribution in [0.15, 0.2) is 47.4 Å². The minimum Gasteiger partial charge on any atom is -0.352 e. The van der Waals surface area contributed by atoms with Gasteiger partial charge < -0.3 is 5.32 Å². The minimum atomic E-state index is 0.218. The Hall–Kier alpha value is -1.48. The lowest BCUT2D eigenvalue weighted by molar-refractivity contribution is -0.122. The fourth-order valence-corrected chi connectivity index (χ4v) is 6.74. The summed E-state index contributed by atoms with van der Waals surface area (Å²) in [5, 5.41) is 5.91. The number of hydrogen-bond acceptors (Lipinski definition) is 2. The van der Waals surface area contributed by atoms with Crippen LogP contribution in [-0.2, 0) is 4.79 Å². The standard InChI is InChI=1S/C22H25NOS/c24-21(13-25-20-7-3-5-16-4-1-2-6-19(16)20)23-22-17-9-14-8-15(11-17)12-18(22)10-14/h1-7,14-15,17-18,22H,8-13H2,(H,23,24). The zero-order chi connectivity index (χ0) is 16.8. The topological polar surface area (TPSA) is 29.1 Å². The molecule has 4 bridgehead atoms. The van der Waals surface area contributed by atoms with Crippen LogP contribution in [0.3, 0.4) is 0 Å². The Balaban J connectivity index is 1.24. The van der Waals surface area contributed by atoms with Crippen LogP contribution in [0.4, 0.5) is 0 Å². The Morgan fingerprint density at radius 2 is 1.60 bits per heavy atom. The molecule has 25 heavy (non-hydrogen) atoms. The summed E-state index contributed by atoms with van der Waals surface area (Å²) in [4.78, 5) is 13.8. The lowest BCUT2D eigenvalue weighted by atomic mass is 9.54. The Morgan fingerprint density at radius 1 is 0.920 bits per heavy atom. The van der Waals surface area contributed by atoms with Crippen LogP contribution < -0.4 is 5.32 Å². The smallest absolute Gasteiger partial charge is 0.230 e. The molecule has 2 aromatic rings. The first-order chi connectivity index (χ1) is 12.3. The average Bonchev–Trinajstić information content (AvgIpc) is 2.62. The van der Waals surface area contributed by atoms with Gasteiger partial charge in [-0.1, -0.05) is 36.4 Å². The summed E-state index contributed by atoms with van der Waals surface area (Å²) < 4.78 is 0. The molecule has 0 spiro atoms. The Bertz CT molecular complexity index is 768. The molecule has 0 unspecified atom stereocenters. The number of fused-ring (bicyclic) bond motifs is 1. The molecule has 6 rings (SSSR count). The first-order valence-corrected chi connectivity index (χ1v) is 10.6. The lowest BCUT2D eigenvalue weighted by Gasteiger charge is -2.54. The van der Waals surface area contributed by atoms with Crippen LogP contribution in [0.1, 0.15) is 32.1 Å². The van der Waals surface area contributed by atoms with Gasteiger partial charge in [0.15, 0.2) is 0 Å². The molecule has 130 valence electrons. The monoisotopic (exact) mass is 351 g/mol. The van der Waals surface area contributed by atoms with E-state index in [-0.39, 0.29) is 5.91 Å². The molecule has 1 amide bonds. The van der Waals surface area contributed by atoms with E-state index in [1.165, 1.54) is 47.8 Å². The number of amides is 1. The summed E-state index contributed by atoms with van der Waals surface area (Å²) >= 11 is 1.67. The molecular formula is C22H25NOS. The number of benzene rings is 2. The van der Waals surface area contributed by atoms with E-state index < -0.39 is 0 Å². The summed E-state index contributed by atoms with van der Waals surface area (Å²) in [6, 6.07) is 15.2. The first-order valence-electron chi connectivity index (χ1n) is 9.66. The van der Waals surface area contributed by atoms with Crippen molar-refractivity contribution < 1.29 is 4.79 Å². The minimum absolute atomic E-state index is 0.218. The van der Waals surface area contributed by atoms with Crippen LogP contribution in [0.2, 0.25) is 0 Å². The van der Waals surface area contributed by atoms with E-state index >= 15 is 0 Å². The highest BCUT2D eigenvalue weighted by Gasteiger charge is 2.48. The van der Waals surface area contributed by atoms with Gasteiger partial charge in [-0.25, -0.2) is 0 Å². The van der Waals surface area contributed by atoms with Crippen molar-refractivity contribution in [2.24, 2.45) is 23.7 Å². The third-order valence-electron chi connectivity index (χ3n) is 6.66. The maximum absolute atomic E-state index is 12.6. The molecule has 1 N–H and O–H groups in total. The quantitative estimate of drug-likeness (QED) is 0.796. The van der Waals surface area contributed by atoms with Crippen LogP contribution in [0.25, 0.3) is 10.8 Å². The predicted molar refractivity (Wildman–Crippen MR) is 104 cm³/mol. The highest BCUT2D eigenvalue weighted by Crippen LogP contribution is 2.53. The van der Waals surface area contributed by atoms with Crippen LogP contribution >= 0.6 is 11.8 Å². The summed E-state index contributed by atoms with van der Waals surface area (Å²) in [6.45, 7) is 0. The molecule has 0 atom stereocenters. The van der Waals surface area contributed by atoms with Gasteiger partial charge in [0.05, 0.1) is 5.75 Å². The van der Waals surface area contributed by atoms with E-state index in [2.05, 4.69) is 47.8 Å². The molecule has 0 aromatic heterocycles. The molecule has 2 aromatic carbocycles. The molecule has 0 saturated heterocycles. The highest BCUT2D eigenvalue weighted by atomic mass is 32.2. The second-order valence-electron chi connectivity index (χ2n) is 8.29. The number of rotatable bonds is 4. The largest absolute Gasteiger partial charge is 0.352 e. The fraction of sp³-hybridized carbons (Fsp3) is 0.500. The Morgan fingerprint density at radius 3 is 2.36 bits per heavy atom. The van der Waals surface area contributed by atoms with Gasteiger partial charge in [0.2, 0.25) is 5.91 Å². The normalized spacial score (nSPS) is 32.9. The molecular weight excluding hydrogens is 326 g/mol. The Labute approximate surface area is 153 Å². The summed E-state index contributed by atoms with van der Waals surface area (Å²) in [5.41, 5.74) is 0. The third kappa shape index (κ3) is 2.97. The molecule has 0 aliphatic heterocycles. The molecule has 0 radical (unpaired) electrons. The summed E-state index contributed by atoms with van der Waals surface area (Å²) in [6.07, 6.45) is 6.89. The van der Waals surface area contributed by atoms with Gasteiger partial charge in [-0.3, -0.25) is 4.79 Å². The van der Waals surface area contributed by atoms with E-state index in [1.54, 1.807) is 11.8 Å². The van der Waals surface area contributed by atoms with Crippen molar-refractivity contribution in [1.29, 1.82) is 0 Å². The van der Waals surface area contributed by atoms with E-state index in [9.17, 15) is 4.79 Å². The fourth-order valence-electron chi connectivity index (χ4n) is 5.85. The second kappa shape index (κ2) is 6.35. The molecule has 0 heterocycles. The third-order valence-corrected chi connectivity index (χ3v) is 7.74. The molecule has 4 aliphatic carbocycles. The van der Waals surface area contributed by atoms with Crippen LogP contribution in [0.5, 0.6) is 0 Å². The van der Waals surface area contributed by atoms with Gasteiger partial charge in [0.1, 0.15) is 0 Å². The summed E-state index contributed by atoms with van der Waals surface area (Å²) in [5.74, 6) is 4.17. The van der Waals surface area contributed by atoms with Crippen molar-refractivity contribution in [3.8, 4) is 0 Å². The zero-order valence-corrected chi connectivity index (χ0v) is 15.3. The van der Waals surface area contributed by atoms with Crippen molar-refractivity contribution in [2.45, 2.75) is 43.0 Å². The van der Waals surface area contributed by atoms with Crippen LogP contribution in [-0.4, -0.2) is 17.7 Å². The number of nitrogens with one attached hydrogen (secondary N) is 1. The van der Waals surface area contributed by atoms with E-state index in [0.717, 1.165) is 23.7 Å². The van der Waals surface area contributed by atoms with Crippen molar-refractivity contribution in [2.75, 3.05) is 5.75 Å². The average molecular weight is 352 g/mol. The van der Waals surface area contributed by atoms with Crippen molar-refractivity contribution >= 4 is 28.4 Å². The molecule has 3 heteroatoms. The van der Waals surface area contributed by atoms with Crippen molar-refractivity contribution in [3.05, 3.63) is 42.5 Å². The summed E-state index contributed by atoms with van der Waals surface area (Å²) in [7, 11) is 0. The van der Waals surface area contributed by atoms with Crippen molar-refractivity contribution in [1.82, 2.24) is 5.32 Å². The van der Waals surface area contributed by atoms with Gasteiger partial charge in [-0.2, -0.15) is 0 Å². The predicted octanol–water partition coefficient (Wildman–Crippen LogP) is 4.87. The zero-order valence-electron chi connectivity index (χ0n) is 14.5. The SMILES string of the molecule is O=C(CSc1cccc2ccccc12)NC1C2CC3CC(C2)CC1C3. The van der Waals surface area contributed by atoms with Crippen molar-refractivity contribution in [3.63, 3.8) is 0 Å². The van der Waals surface area contributed by atoms with Gasteiger partial charge in [0.25, 0.3) is 0 Å². The number of carbonyl (C=O) groups is 1. The van der Waals surface area contributed by atoms with Gasteiger partial charge in [-0.05, 0) is 72.6 Å². The number of thioether (sulfide) groups is 1. The molecule has 4 fully saturated rings. The molecule has 4 saturated carbocycles. The molecule has 4 aliphatic rings. The maximum Gasteiger partial charge on any atom is 0.230 e. The Kier molecular flexibility index (Phi) is 4.00. The van der Waals surface area contributed by atoms with Gasteiger partial charge in [0, 0.05) is 10.9 Å². The first kappa shape index (κ1) is 15.7. The second-order valence-corrected chi connectivity index (χ2v) is 9.31. The molecule has 2 nitrogen and oxygen atoms in total. The van der Waals surface area contributed by atoms with E-state index in [1.807, 2.05) is 0 Å². The number of carbonyl (C=O) groups excluding carboxylic acids is 1. The van der Waals surface area contributed by atoms with Gasteiger partial charge >= 0.3 is 0 Å². The van der Waals surface area contributed by atoms with E-state index in [4.69, 9.17) is 0 Å². The highest BCUT2D eigenvalue weighted by molar-refractivity contribution is 8.00. The number of hydrogen-bond donors (Lipinski definition) is 1. The lowest BCUT2D eigenvalue weighted by Crippen LogP contribution is -2.56. The van der Waals surface area contributed by atoms with Gasteiger partial charge in [-0.15, -0.1) is 11.8 Å². The van der Waals surface area contributed by atoms with E-state index in [0.29, 0.717) is 11.8 Å².